The van der Waals surface area contributed by atoms with Crippen LogP contribution in [0, 0.1) is 11.3 Å². The lowest BCUT2D eigenvalue weighted by atomic mass is 9.83. The molecule has 0 rings (SSSR count). The summed E-state index contributed by atoms with van der Waals surface area (Å²) in [5.41, 5.74) is 0.372. The summed E-state index contributed by atoms with van der Waals surface area (Å²) in [5.74, 6) is 0.606. The molecule has 0 saturated carbocycles. The van der Waals surface area contributed by atoms with Gasteiger partial charge in [0.15, 0.2) is 0 Å². The van der Waals surface area contributed by atoms with Crippen molar-refractivity contribution >= 4 is 0 Å². The van der Waals surface area contributed by atoms with E-state index in [-0.39, 0.29) is 6.10 Å². The fourth-order valence-corrected chi connectivity index (χ4v) is 2.23. The summed E-state index contributed by atoms with van der Waals surface area (Å²) < 4.78 is 0. The van der Waals surface area contributed by atoms with Gasteiger partial charge in [-0.2, -0.15) is 0 Å². The van der Waals surface area contributed by atoms with Crippen molar-refractivity contribution < 1.29 is 5.11 Å². The van der Waals surface area contributed by atoms with Crippen LogP contribution < -0.4 is 0 Å². The minimum atomic E-state index is -0.162. The first kappa shape index (κ1) is 15.7. The number of hydrogen-bond donors (Lipinski definition) is 1. The molecule has 1 N–H and O–H groups in total. The lowest BCUT2D eigenvalue weighted by molar-refractivity contribution is 0.135. The largest absolute Gasteiger partial charge is 0.393 e. The zero-order chi connectivity index (χ0) is 12.6. The Labute approximate surface area is 102 Å². The Morgan fingerprint density at radius 1 is 1.19 bits per heavy atom. The molecule has 0 amide bonds. The number of aliphatic hydroxyl groups is 1. The van der Waals surface area contributed by atoms with Crippen molar-refractivity contribution in [3.8, 4) is 0 Å². The zero-order valence-electron chi connectivity index (χ0n) is 11.8. The first-order valence-corrected chi connectivity index (χ1v) is 6.68. The summed E-state index contributed by atoms with van der Waals surface area (Å²) in [5, 5.41) is 9.86. The Kier molecular flexibility index (Phi) is 7.74. The van der Waals surface area contributed by atoms with Gasteiger partial charge in [-0.05, 0) is 37.0 Å². The second-order valence-electron chi connectivity index (χ2n) is 6.26. The molecule has 0 aliphatic rings. The fourth-order valence-electron chi connectivity index (χ4n) is 2.23. The Morgan fingerprint density at radius 3 is 2.31 bits per heavy atom. The topological polar surface area (TPSA) is 20.2 Å². The van der Waals surface area contributed by atoms with Crippen molar-refractivity contribution in [2.75, 3.05) is 0 Å². The molecule has 0 aliphatic carbocycles. The number of hydrogen-bond acceptors (Lipinski definition) is 1. The predicted molar refractivity (Wildman–Crippen MR) is 72.5 cm³/mol. The highest BCUT2D eigenvalue weighted by atomic mass is 16.3. The third-order valence-corrected chi connectivity index (χ3v) is 2.67. The van der Waals surface area contributed by atoms with E-state index < -0.39 is 0 Å². The maximum atomic E-state index is 9.86. The van der Waals surface area contributed by atoms with Crippen LogP contribution in [-0.2, 0) is 0 Å². The molecule has 1 nitrogen and oxygen atoms in total. The summed E-state index contributed by atoms with van der Waals surface area (Å²) in [6.45, 7) is 11.2. The normalized spacial score (nSPS) is 16.6. The van der Waals surface area contributed by atoms with Crippen LogP contribution in [0.3, 0.4) is 0 Å². The van der Waals surface area contributed by atoms with Crippen molar-refractivity contribution in [2.45, 2.75) is 72.8 Å². The molecular weight excluding hydrogens is 196 g/mol. The van der Waals surface area contributed by atoms with Gasteiger partial charge in [-0.3, -0.25) is 0 Å². The van der Waals surface area contributed by atoms with E-state index in [4.69, 9.17) is 0 Å². The highest BCUT2D eigenvalue weighted by Crippen LogP contribution is 2.27. The van der Waals surface area contributed by atoms with Crippen LogP contribution in [0.25, 0.3) is 0 Å². The van der Waals surface area contributed by atoms with E-state index in [1.807, 2.05) is 0 Å². The average Bonchev–Trinajstić information content (AvgIpc) is 2.09. The van der Waals surface area contributed by atoms with E-state index in [9.17, 15) is 5.11 Å². The van der Waals surface area contributed by atoms with Crippen LogP contribution in [0.2, 0.25) is 0 Å². The zero-order valence-corrected chi connectivity index (χ0v) is 11.8. The molecule has 96 valence electrons. The summed E-state index contributed by atoms with van der Waals surface area (Å²) in [6, 6.07) is 0. The van der Waals surface area contributed by atoms with Crippen LogP contribution in [-0.4, -0.2) is 11.2 Å². The SMILES string of the molecule is CCCC=CCC(O)CC(C)CC(C)(C)C. The standard InChI is InChI=1S/C15H30O/c1-6-7-8-9-10-14(16)11-13(2)12-15(3,4)5/h8-9,13-14,16H,6-7,10-12H2,1-5H3. The molecule has 0 radical (unpaired) electrons. The van der Waals surface area contributed by atoms with Gasteiger partial charge in [0, 0.05) is 0 Å². The number of unbranched alkanes of at least 4 members (excludes halogenated alkanes) is 1. The number of aliphatic hydroxyl groups excluding tert-OH is 1. The van der Waals surface area contributed by atoms with Crippen LogP contribution in [0.1, 0.15) is 66.7 Å². The predicted octanol–water partition coefficient (Wildman–Crippen LogP) is 4.56. The van der Waals surface area contributed by atoms with E-state index in [1.54, 1.807) is 0 Å². The van der Waals surface area contributed by atoms with E-state index in [0.717, 1.165) is 19.3 Å². The monoisotopic (exact) mass is 226 g/mol. The minimum Gasteiger partial charge on any atom is -0.393 e. The second-order valence-corrected chi connectivity index (χ2v) is 6.26. The molecule has 2 unspecified atom stereocenters. The molecular formula is C15H30O. The molecule has 0 aromatic heterocycles. The highest BCUT2D eigenvalue weighted by molar-refractivity contribution is 4.84. The highest BCUT2D eigenvalue weighted by Gasteiger charge is 2.17. The van der Waals surface area contributed by atoms with E-state index in [1.165, 1.54) is 12.8 Å². The molecule has 0 aliphatic heterocycles. The maximum absolute atomic E-state index is 9.86. The quantitative estimate of drug-likeness (QED) is 0.631. The molecule has 2 atom stereocenters. The smallest absolute Gasteiger partial charge is 0.0577 e. The van der Waals surface area contributed by atoms with Crippen LogP contribution in [0.4, 0.5) is 0 Å². The first-order chi connectivity index (χ1) is 7.35. The average molecular weight is 226 g/mol. The van der Waals surface area contributed by atoms with Gasteiger partial charge in [0.1, 0.15) is 0 Å². The number of rotatable bonds is 7. The minimum absolute atomic E-state index is 0.162. The number of allylic oxidation sites excluding steroid dienone is 1. The fraction of sp³-hybridized carbons (Fsp3) is 0.867. The van der Waals surface area contributed by atoms with Crippen molar-refractivity contribution in [2.24, 2.45) is 11.3 Å². The molecule has 0 aromatic rings. The molecule has 0 saturated heterocycles. The third kappa shape index (κ3) is 10.2. The molecule has 0 bridgehead atoms. The molecule has 0 aromatic carbocycles. The molecule has 16 heavy (non-hydrogen) atoms. The summed E-state index contributed by atoms with van der Waals surface area (Å²) in [6.07, 6.45) is 9.38. The van der Waals surface area contributed by atoms with Gasteiger partial charge in [-0.25, -0.2) is 0 Å². The van der Waals surface area contributed by atoms with Gasteiger partial charge in [-0.1, -0.05) is 53.2 Å². The van der Waals surface area contributed by atoms with E-state index in [0.29, 0.717) is 11.3 Å². The second kappa shape index (κ2) is 7.89. The van der Waals surface area contributed by atoms with Gasteiger partial charge in [-0.15, -0.1) is 0 Å². The summed E-state index contributed by atoms with van der Waals surface area (Å²) in [7, 11) is 0. The Bertz CT molecular complexity index is 188. The van der Waals surface area contributed by atoms with Crippen molar-refractivity contribution in [3.05, 3.63) is 12.2 Å². The lowest BCUT2D eigenvalue weighted by Crippen LogP contribution is -2.16. The van der Waals surface area contributed by atoms with Gasteiger partial charge in [0.2, 0.25) is 0 Å². The maximum Gasteiger partial charge on any atom is 0.0577 e. The van der Waals surface area contributed by atoms with E-state index >= 15 is 0 Å². The Hall–Kier alpha value is -0.300. The summed E-state index contributed by atoms with van der Waals surface area (Å²) >= 11 is 0. The molecule has 1 heteroatoms. The molecule has 0 heterocycles. The van der Waals surface area contributed by atoms with Crippen LogP contribution in [0.5, 0.6) is 0 Å². The van der Waals surface area contributed by atoms with E-state index in [2.05, 4.69) is 46.8 Å². The van der Waals surface area contributed by atoms with Crippen LogP contribution in [0.15, 0.2) is 12.2 Å². The molecule has 0 spiro atoms. The van der Waals surface area contributed by atoms with Crippen LogP contribution >= 0.6 is 0 Å². The van der Waals surface area contributed by atoms with Gasteiger partial charge < -0.3 is 5.11 Å². The van der Waals surface area contributed by atoms with Crippen molar-refractivity contribution in [3.63, 3.8) is 0 Å². The first-order valence-electron chi connectivity index (χ1n) is 6.68. The molecule has 0 fully saturated rings. The van der Waals surface area contributed by atoms with Gasteiger partial charge >= 0.3 is 0 Å². The summed E-state index contributed by atoms with van der Waals surface area (Å²) in [4.78, 5) is 0. The van der Waals surface area contributed by atoms with Crippen molar-refractivity contribution in [1.82, 2.24) is 0 Å². The Morgan fingerprint density at radius 2 is 1.81 bits per heavy atom. The Balaban J connectivity index is 3.74. The van der Waals surface area contributed by atoms with Gasteiger partial charge in [0.25, 0.3) is 0 Å². The van der Waals surface area contributed by atoms with Crippen molar-refractivity contribution in [1.29, 1.82) is 0 Å². The van der Waals surface area contributed by atoms with Gasteiger partial charge in [0.05, 0.1) is 6.10 Å². The third-order valence-electron chi connectivity index (χ3n) is 2.67. The lowest BCUT2D eigenvalue weighted by Gasteiger charge is -2.24.